The van der Waals surface area contributed by atoms with E-state index in [-0.39, 0.29) is 11.5 Å². The van der Waals surface area contributed by atoms with Crippen LogP contribution < -0.4 is 5.73 Å². The highest BCUT2D eigenvalue weighted by Gasteiger charge is 2.14. The molecule has 6 nitrogen and oxygen atoms in total. The zero-order valence-corrected chi connectivity index (χ0v) is 9.42. The van der Waals surface area contributed by atoms with Crippen LogP contribution in [0.5, 0.6) is 0 Å². The van der Waals surface area contributed by atoms with Crippen molar-refractivity contribution in [3.8, 4) is 11.3 Å². The standard InChI is InChI=1S/C11H9FN4O2/c1-18-11(17)9-10(13)15-5-7(16-9)6-2-3-8(12)14-4-6/h2-5H,1H3,(H2,13,15). The van der Waals surface area contributed by atoms with Crippen molar-refractivity contribution in [2.45, 2.75) is 0 Å². The molecule has 0 fully saturated rings. The van der Waals surface area contributed by atoms with Gasteiger partial charge in [-0.15, -0.1) is 0 Å². The van der Waals surface area contributed by atoms with Crippen LogP contribution in [0.25, 0.3) is 11.3 Å². The van der Waals surface area contributed by atoms with Crippen molar-refractivity contribution < 1.29 is 13.9 Å². The lowest BCUT2D eigenvalue weighted by Gasteiger charge is -2.05. The van der Waals surface area contributed by atoms with E-state index < -0.39 is 11.9 Å². The summed E-state index contributed by atoms with van der Waals surface area (Å²) >= 11 is 0. The molecular weight excluding hydrogens is 239 g/mol. The van der Waals surface area contributed by atoms with Gasteiger partial charge >= 0.3 is 5.97 Å². The average Bonchev–Trinajstić information content (AvgIpc) is 2.39. The first kappa shape index (κ1) is 11.9. The Hall–Kier alpha value is -2.57. The molecule has 0 atom stereocenters. The molecule has 2 rings (SSSR count). The Kier molecular flexibility index (Phi) is 3.13. The van der Waals surface area contributed by atoms with Crippen LogP contribution in [0.15, 0.2) is 24.5 Å². The largest absolute Gasteiger partial charge is 0.464 e. The summed E-state index contributed by atoms with van der Waals surface area (Å²) in [4.78, 5) is 22.7. The lowest BCUT2D eigenvalue weighted by molar-refractivity contribution is 0.0595. The number of halogens is 1. The van der Waals surface area contributed by atoms with E-state index in [1.807, 2.05) is 0 Å². The van der Waals surface area contributed by atoms with E-state index in [0.717, 1.165) is 0 Å². The van der Waals surface area contributed by atoms with Crippen LogP contribution in [0.4, 0.5) is 10.2 Å². The van der Waals surface area contributed by atoms with Crippen LogP contribution in [-0.2, 0) is 4.74 Å². The minimum Gasteiger partial charge on any atom is -0.464 e. The third kappa shape index (κ3) is 2.24. The van der Waals surface area contributed by atoms with Crippen molar-refractivity contribution in [1.82, 2.24) is 15.0 Å². The highest BCUT2D eigenvalue weighted by Crippen LogP contribution is 2.18. The molecule has 2 N–H and O–H groups in total. The third-order valence-corrected chi connectivity index (χ3v) is 2.20. The summed E-state index contributed by atoms with van der Waals surface area (Å²) < 4.78 is 17.2. The topological polar surface area (TPSA) is 91.0 Å². The van der Waals surface area contributed by atoms with E-state index in [1.54, 1.807) is 0 Å². The number of aromatic nitrogens is 3. The van der Waals surface area contributed by atoms with Gasteiger partial charge in [0.15, 0.2) is 11.5 Å². The number of anilines is 1. The van der Waals surface area contributed by atoms with E-state index in [0.29, 0.717) is 11.3 Å². The first-order chi connectivity index (χ1) is 8.61. The van der Waals surface area contributed by atoms with Gasteiger partial charge in [-0.1, -0.05) is 0 Å². The molecule has 0 saturated carbocycles. The number of rotatable bonds is 2. The van der Waals surface area contributed by atoms with Gasteiger partial charge in [0.1, 0.15) is 0 Å². The molecule has 2 aromatic rings. The van der Waals surface area contributed by atoms with Gasteiger partial charge in [0.25, 0.3) is 0 Å². The smallest absolute Gasteiger partial charge is 0.360 e. The maximum absolute atomic E-state index is 12.7. The van der Waals surface area contributed by atoms with Crippen LogP contribution in [-0.4, -0.2) is 28.0 Å². The molecule has 0 spiro atoms. The maximum atomic E-state index is 12.7. The third-order valence-electron chi connectivity index (χ3n) is 2.20. The highest BCUT2D eigenvalue weighted by atomic mass is 19.1. The van der Waals surface area contributed by atoms with Crippen molar-refractivity contribution in [3.63, 3.8) is 0 Å². The molecule has 18 heavy (non-hydrogen) atoms. The summed E-state index contributed by atoms with van der Waals surface area (Å²) in [5.74, 6) is -1.31. The lowest BCUT2D eigenvalue weighted by atomic mass is 10.2. The van der Waals surface area contributed by atoms with Gasteiger partial charge in [-0.2, -0.15) is 4.39 Å². The van der Waals surface area contributed by atoms with Crippen LogP contribution in [0.3, 0.4) is 0 Å². The Morgan fingerprint density at radius 2 is 2.11 bits per heavy atom. The van der Waals surface area contributed by atoms with Crippen LogP contribution in [0, 0.1) is 5.95 Å². The second-order valence-electron chi connectivity index (χ2n) is 3.35. The lowest BCUT2D eigenvalue weighted by Crippen LogP contribution is -2.10. The summed E-state index contributed by atoms with van der Waals surface area (Å²) in [7, 11) is 1.22. The highest BCUT2D eigenvalue weighted by molar-refractivity contribution is 5.92. The van der Waals surface area contributed by atoms with Crippen molar-refractivity contribution in [3.05, 3.63) is 36.2 Å². The summed E-state index contributed by atoms with van der Waals surface area (Å²) in [5, 5.41) is 0. The molecule has 0 aliphatic heterocycles. The fourth-order valence-corrected chi connectivity index (χ4v) is 1.31. The number of esters is 1. The summed E-state index contributed by atoms with van der Waals surface area (Å²) in [6.45, 7) is 0. The zero-order valence-electron chi connectivity index (χ0n) is 9.42. The van der Waals surface area contributed by atoms with Crippen LogP contribution in [0.1, 0.15) is 10.5 Å². The van der Waals surface area contributed by atoms with Gasteiger partial charge in [-0.05, 0) is 12.1 Å². The van der Waals surface area contributed by atoms with Gasteiger partial charge < -0.3 is 10.5 Å². The normalized spacial score (nSPS) is 10.1. The van der Waals surface area contributed by atoms with Crippen LogP contribution in [0.2, 0.25) is 0 Å². The number of nitrogen functional groups attached to an aromatic ring is 1. The Balaban J connectivity index is 2.46. The molecule has 0 aromatic carbocycles. The second kappa shape index (κ2) is 4.74. The Bertz CT molecular complexity index is 586. The molecule has 0 bridgehead atoms. The number of ether oxygens (including phenoxy) is 1. The van der Waals surface area contributed by atoms with Crippen molar-refractivity contribution in [2.75, 3.05) is 12.8 Å². The second-order valence-corrected chi connectivity index (χ2v) is 3.35. The Morgan fingerprint density at radius 1 is 1.33 bits per heavy atom. The quantitative estimate of drug-likeness (QED) is 0.630. The van der Waals surface area contributed by atoms with E-state index in [9.17, 15) is 9.18 Å². The van der Waals surface area contributed by atoms with Gasteiger partial charge in [0, 0.05) is 11.8 Å². The van der Waals surface area contributed by atoms with Crippen molar-refractivity contribution >= 4 is 11.8 Å². The first-order valence-electron chi connectivity index (χ1n) is 4.94. The molecular formula is C11H9FN4O2. The minimum atomic E-state index is -0.683. The molecule has 2 heterocycles. The number of pyridine rings is 1. The molecule has 0 amide bonds. The molecule has 92 valence electrons. The fraction of sp³-hybridized carbons (Fsp3) is 0.0909. The molecule has 0 aliphatic rings. The Labute approximate surface area is 102 Å². The predicted molar refractivity (Wildman–Crippen MR) is 61.0 cm³/mol. The molecule has 0 unspecified atom stereocenters. The molecule has 0 saturated heterocycles. The van der Waals surface area contributed by atoms with Crippen molar-refractivity contribution in [2.24, 2.45) is 0 Å². The predicted octanol–water partition coefficient (Wildman–Crippen LogP) is 1.05. The molecule has 0 aliphatic carbocycles. The molecule has 2 aromatic heterocycles. The minimum absolute atomic E-state index is 0.0272. The van der Waals surface area contributed by atoms with E-state index in [4.69, 9.17) is 5.73 Å². The van der Waals surface area contributed by atoms with Gasteiger partial charge in [0.2, 0.25) is 5.95 Å². The van der Waals surface area contributed by atoms with Gasteiger partial charge in [-0.3, -0.25) is 0 Å². The van der Waals surface area contributed by atoms with Crippen LogP contribution >= 0.6 is 0 Å². The number of hydrogen-bond acceptors (Lipinski definition) is 6. The SMILES string of the molecule is COC(=O)c1nc(-c2ccc(F)nc2)cnc1N. The summed E-state index contributed by atoms with van der Waals surface area (Å²) in [5.41, 5.74) is 6.31. The number of nitrogens with two attached hydrogens (primary N) is 1. The number of carbonyl (C=O) groups is 1. The summed E-state index contributed by atoms with van der Waals surface area (Å²) in [6, 6.07) is 2.66. The van der Waals surface area contributed by atoms with Gasteiger partial charge in [-0.25, -0.2) is 19.7 Å². The van der Waals surface area contributed by atoms with Crippen molar-refractivity contribution in [1.29, 1.82) is 0 Å². The molecule has 7 heteroatoms. The zero-order chi connectivity index (χ0) is 13.1. The number of carbonyl (C=O) groups excluding carboxylic acids is 1. The summed E-state index contributed by atoms with van der Waals surface area (Å²) in [6.07, 6.45) is 2.66. The number of methoxy groups -OCH3 is 1. The van der Waals surface area contributed by atoms with E-state index in [1.165, 1.54) is 31.6 Å². The van der Waals surface area contributed by atoms with E-state index >= 15 is 0 Å². The Morgan fingerprint density at radius 3 is 2.72 bits per heavy atom. The number of nitrogens with zero attached hydrogens (tertiary/aromatic N) is 3. The van der Waals surface area contributed by atoms with E-state index in [2.05, 4.69) is 19.7 Å². The van der Waals surface area contributed by atoms with Gasteiger partial charge in [0.05, 0.1) is 19.0 Å². The molecule has 0 radical (unpaired) electrons. The number of hydrogen-bond donors (Lipinski definition) is 1. The average molecular weight is 248 g/mol. The maximum Gasteiger partial charge on any atom is 0.360 e. The monoisotopic (exact) mass is 248 g/mol. The first-order valence-corrected chi connectivity index (χ1v) is 4.94. The fourth-order valence-electron chi connectivity index (χ4n) is 1.31.